The van der Waals surface area contributed by atoms with Crippen LogP contribution in [-0.2, 0) is 10.5 Å². The molecule has 1 rings (SSSR count). The topological polar surface area (TPSA) is 42.0 Å². The fraction of sp³-hybridized carbons (Fsp3) is 0.455. The van der Waals surface area contributed by atoms with Crippen molar-refractivity contribution >= 4 is 17.7 Å². The van der Waals surface area contributed by atoms with E-state index in [9.17, 15) is 4.79 Å². The summed E-state index contributed by atoms with van der Waals surface area (Å²) in [5.74, 6) is 2.04. The fourth-order valence-electron chi connectivity index (χ4n) is 1.10. The summed E-state index contributed by atoms with van der Waals surface area (Å²) in [5.41, 5.74) is 1.11. The van der Waals surface area contributed by atoms with E-state index in [-0.39, 0.29) is 5.91 Å². The number of nitrogens with zero attached hydrogens (tertiary/aromatic N) is 1. The average Bonchev–Trinajstić information content (AvgIpc) is 2.24. The predicted octanol–water partition coefficient (Wildman–Crippen LogP) is 1.84. The quantitative estimate of drug-likeness (QED) is 0.750. The molecule has 0 aliphatic rings. The third-order valence-electron chi connectivity index (χ3n) is 1.82. The average molecular weight is 224 g/mol. The highest BCUT2D eigenvalue weighted by atomic mass is 32.2. The van der Waals surface area contributed by atoms with Crippen LogP contribution >= 0.6 is 11.8 Å². The molecule has 0 radical (unpaired) electrons. The number of pyridine rings is 1. The molecule has 15 heavy (non-hydrogen) atoms. The molecule has 82 valence electrons. The van der Waals surface area contributed by atoms with Gasteiger partial charge in [-0.2, -0.15) is 11.8 Å². The normalized spacial score (nSPS) is 9.93. The molecule has 0 bridgehead atoms. The minimum Gasteiger partial charge on any atom is -0.356 e. The largest absolute Gasteiger partial charge is 0.356 e. The molecule has 1 amide bonds. The molecule has 0 fully saturated rings. The Morgan fingerprint density at radius 3 is 3.07 bits per heavy atom. The second kappa shape index (κ2) is 7.29. The third-order valence-corrected chi connectivity index (χ3v) is 2.89. The van der Waals surface area contributed by atoms with Crippen molar-refractivity contribution in [3.8, 4) is 0 Å². The number of hydrogen-bond acceptors (Lipinski definition) is 3. The van der Waals surface area contributed by atoms with Gasteiger partial charge in [0.05, 0.1) is 5.69 Å². The maximum Gasteiger partial charge on any atom is 0.216 e. The van der Waals surface area contributed by atoms with Crippen LogP contribution in [-0.4, -0.2) is 23.2 Å². The summed E-state index contributed by atoms with van der Waals surface area (Å²) < 4.78 is 0. The zero-order chi connectivity index (χ0) is 10.9. The maximum atomic E-state index is 10.6. The molecule has 0 saturated heterocycles. The first-order chi connectivity index (χ1) is 7.29. The molecule has 0 unspecified atom stereocenters. The summed E-state index contributed by atoms with van der Waals surface area (Å²) in [4.78, 5) is 14.8. The van der Waals surface area contributed by atoms with Crippen LogP contribution in [0.5, 0.6) is 0 Å². The Labute approximate surface area is 94.7 Å². The van der Waals surface area contributed by atoms with Gasteiger partial charge < -0.3 is 5.32 Å². The SMILES string of the molecule is CC(=O)NCCCSCc1ccccn1. The molecule has 0 aliphatic carbocycles. The van der Waals surface area contributed by atoms with Gasteiger partial charge in [0.2, 0.25) is 5.91 Å². The van der Waals surface area contributed by atoms with Crippen molar-refractivity contribution in [2.24, 2.45) is 0 Å². The van der Waals surface area contributed by atoms with E-state index in [4.69, 9.17) is 0 Å². The molecule has 3 nitrogen and oxygen atoms in total. The summed E-state index contributed by atoms with van der Waals surface area (Å²) in [6.07, 6.45) is 2.82. The summed E-state index contributed by atoms with van der Waals surface area (Å²) in [5, 5.41) is 2.78. The monoisotopic (exact) mass is 224 g/mol. The molecule has 0 saturated carbocycles. The standard InChI is InChI=1S/C11H16N2OS/c1-10(14)12-7-4-8-15-9-11-5-2-3-6-13-11/h2-3,5-6H,4,7-9H2,1H3,(H,12,14). The van der Waals surface area contributed by atoms with Gasteiger partial charge in [-0.15, -0.1) is 0 Å². The molecular formula is C11H16N2OS. The zero-order valence-electron chi connectivity index (χ0n) is 8.90. The van der Waals surface area contributed by atoms with Gasteiger partial charge in [0.25, 0.3) is 0 Å². The number of rotatable bonds is 6. The molecule has 0 spiro atoms. The highest BCUT2D eigenvalue weighted by molar-refractivity contribution is 7.98. The number of hydrogen-bond donors (Lipinski definition) is 1. The van der Waals surface area contributed by atoms with Gasteiger partial charge in [0, 0.05) is 25.4 Å². The molecule has 4 heteroatoms. The number of amides is 1. The summed E-state index contributed by atoms with van der Waals surface area (Å²) in [7, 11) is 0. The first-order valence-corrected chi connectivity index (χ1v) is 6.16. The molecule has 0 aliphatic heterocycles. The molecule has 1 N–H and O–H groups in total. The van der Waals surface area contributed by atoms with Crippen LogP contribution in [0.1, 0.15) is 19.0 Å². The second-order valence-electron chi connectivity index (χ2n) is 3.21. The highest BCUT2D eigenvalue weighted by Crippen LogP contribution is 2.09. The Morgan fingerprint density at radius 1 is 1.53 bits per heavy atom. The lowest BCUT2D eigenvalue weighted by Crippen LogP contribution is -2.21. The van der Waals surface area contributed by atoms with Crippen LogP contribution in [0.4, 0.5) is 0 Å². The summed E-state index contributed by atoms with van der Waals surface area (Å²) >= 11 is 1.84. The molecule has 1 heterocycles. The van der Waals surface area contributed by atoms with Gasteiger partial charge >= 0.3 is 0 Å². The fourth-order valence-corrected chi connectivity index (χ4v) is 1.97. The van der Waals surface area contributed by atoms with Crippen molar-refractivity contribution in [2.45, 2.75) is 19.1 Å². The Bertz CT molecular complexity index is 290. The van der Waals surface area contributed by atoms with Crippen molar-refractivity contribution in [2.75, 3.05) is 12.3 Å². The molecule has 0 atom stereocenters. The van der Waals surface area contributed by atoms with Gasteiger partial charge in [0.1, 0.15) is 0 Å². The van der Waals surface area contributed by atoms with Crippen LogP contribution in [0.3, 0.4) is 0 Å². The van der Waals surface area contributed by atoms with E-state index >= 15 is 0 Å². The Balaban J connectivity index is 2.00. The van der Waals surface area contributed by atoms with Gasteiger partial charge in [-0.3, -0.25) is 9.78 Å². The van der Waals surface area contributed by atoms with E-state index in [1.807, 2.05) is 36.2 Å². The smallest absolute Gasteiger partial charge is 0.216 e. The van der Waals surface area contributed by atoms with Crippen LogP contribution in [0.25, 0.3) is 0 Å². The number of carbonyl (C=O) groups excluding carboxylic acids is 1. The van der Waals surface area contributed by atoms with Gasteiger partial charge in [-0.25, -0.2) is 0 Å². The lowest BCUT2D eigenvalue weighted by Gasteiger charge is -2.02. The van der Waals surface area contributed by atoms with Crippen LogP contribution in [0, 0.1) is 0 Å². The number of carbonyl (C=O) groups is 1. The predicted molar refractivity (Wildman–Crippen MR) is 63.7 cm³/mol. The van der Waals surface area contributed by atoms with E-state index < -0.39 is 0 Å². The van der Waals surface area contributed by atoms with E-state index in [0.29, 0.717) is 0 Å². The molecule has 1 aromatic heterocycles. The van der Waals surface area contributed by atoms with E-state index in [0.717, 1.165) is 30.2 Å². The minimum atomic E-state index is 0.0460. The Hall–Kier alpha value is -1.03. The van der Waals surface area contributed by atoms with E-state index in [2.05, 4.69) is 10.3 Å². The zero-order valence-corrected chi connectivity index (χ0v) is 9.72. The first kappa shape index (κ1) is 12.0. The van der Waals surface area contributed by atoms with Crippen molar-refractivity contribution in [3.05, 3.63) is 30.1 Å². The van der Waals surface area contributed by atoms with Crippen LogP contribution in [0.2, 0.25) is 0 Å². The lowest BCUT2D eigenvalue weighted by molar-refractivity contribution is -0.118. The number of thioether (sulfide) groups is 1. The molecule has 1 aromatic rings. The van der Waals surface area contributed by atoms with Crippen molar-refractivity contribution in [1.29, 1.82) is 0 Å². The van der Waals surface area contributed by atoms with Crippen molar-refractivity contribution in [1.82, 2.24) is 10.3 Å². The van der Waals surface area contributed by atoms with Crippen molar-refractivity contribution in [3.63, 3.8) is 0 Å². The molecular weight excluding hydrogens is 208 g/mol. The Kier molecular flexibility index (Phi) is 5.85. The highest BCUT2D eigenvalue weighted by Gasteiger charge is 1.94. The van der Waals surface area contributed by atoms with Gasteiger partial charge in [-0.1, -0.05) is 6.07 Å². The van der Waals surface area contributed by atoms with Crippen LogP contribution in [0.15, 0.2) is 24.4 Å². The maximum absolute atomic E-state index is 10.6. The third kappa shape index (κ3) is 6.12. The van der Waals surface area contributed by atoms with E-state index in [1.54, 1.807) is 6.92 Å². The molecule has 0 aromatic carbocycles. The van der Waals surface area contributed by atoms with Gasteiger partial charge in [0.15, 0.2) is 0 Å². The lowest BCUT2D eigenvalue weighted by atomic mass is 10.4. The summed E-state index contributed by atoms with van der Waals surface area (Å²) in [6.45, 7) is 2.31. The van der Waals surface area contributed by atoms with E-state index in [1.165, 1.54) is 0 Å². The summed E-state index contributed by atoms with van der Waals surface area (Å²) in [6, 6.07) is 5.95. The number of aromatic nitrogens is 1. The van der Waals surface area contributed by atoms with Crippen LogP contribution < -0.4 is 5.32 Å². The first-order valence-electron chi connectivity index (χ1n) is 5.01. The second-order valence-corrected chi connectivity index (χ2v) is 4.32. The Morgan fingerprint density at radius 2 is 2.40 bits per heavy atom. The minimum absolute atomic E-state index is 0.0460. The van der Waals surface area contributed by atoms with Gasteiger partial charge in [-0.05, 0) is 24.3 Å². The number of nitrogens with one attached hydrogen (secondary N) is 1. The van der Waals surface area contributed by atoms with Crippen molar-refractivity contribution < 1.29 is 4.79 Å².